The molecule has 2 N–H and O–H groups in total. The van der Waals surface area contributed by atoms with Crippen molar-refractivity contribution in [3.63, 3.8) is 0 Å². The molecule has 0 aliphatic carbocycles. The Labute approximate surface area is 71.1 Å². The van der Waals surface area contributed by atoms with Gasteiger partial charge in [-0.2, -0.15) is 12.6 Å². The first kappa shape index (κ1) is 10.5. The zero-order chi connectivity index (χ0) is 8.69. The fourth-order valence-electron chi connectivity index (χ4n) is 0.575. The highest BCUT2D eigenvalue weighted by Crippen LogP contribution is 1.95. The topological polar surface area (TPSA) is 57.5 Å². The highest BCUT2D eigenvalue weighted by molar-refractivity contribution is 7.80. The van der Waals surface area contributed by atoms with Gasteiger partial charge in [0.25, 0.3) is 0 Å². The second-order valence-corrected chi connectivity index (χ2v) is 2.55. The molecule has 0 unspecified atom stereocenters. The van der Waals surface area contributed by atoms with Gasteiger partial charge in [0.15, 0.2) is 0 Å². The van der Waals surface area contributed by atoms with Crippen LogP contribution in [-0.2, 0) is 4.79 Å². The molecule has 0 saturated heterocycles. The van der Waals surface area contributed by atoms with Gasteiger partial charge in [0.2, 0.25) is 0 Å². The lowest BCUT2D eigenvalue weighted by molar-refractivity contribution is -0.138. The Hall–Kier alpha value is -0.480. The molecule has 0 fully saturated rings. The van der Waals surface area contributed by atoms with Crippen LogP contribution in [-0.4, -0.2) is 28.0 Å². The van der Waals surface area contributed by atoms with E-state index in [0.717, 1.165) is 6.42 Å². The van der Waals surface area contributed by atoms with Crippen LogP contribution >= 0.6 is 12.6 Å². The first-order valence-corrected chi connectivity index (χ1v) is 3.97. The summed E-state index contributed by atoms with van der Waals surface area (Å²) in [5.74, 6) is -0.288. The molecule has 0 spiro atoms. The van der Waals surface area contributed by atoms with E-state index in [4.69, 9.17) is 10.2 Å². The van der Waals surface area contributed by atoms with Gasteiger partial charge in [-0.15, -0.1) is 0 Å². The molecule has 0 aliphatic heterocycles. The summed E-state index contributed by atoms with van der Waals surface area (Å²) in [7, 11) is 0. The van der Waals surface area contributed by atoms with E-state index in [-0.39, 0.29) is 6.42 Å². The molecule has 64 valence electrons. The van der Waals surface area contributed by atoms with Gasteiger partial charge in [-0.25, -0.2) is 0 Å². The number of aliphatic hydroxyl groups is 1. The van der Waals surface area contributed by atoms with Crippen molar-refractivity contribution in [3.05, 3.63) is 12.2 Å². The Morgan fingerprint density at radius 1 is 1.64 bits per heavy atom. The molecule has 11 heavy (non-hydrogen) atoms. The molecule has 4 heteroatoms. The molecule has 0 aromatic carbocycles. The van der Waals surface area contributed by atoms with E-state index in [9.17, 15) is 4.79 Å². The second kappa shape index (κ2) is 6.24. The Morgan fingerprint density at radius 3 is 2.73 bits per heavy atom. The Bertz CT molecular complexity index is 145. The smallest absolute Gasteiger partial charge is 0.306 e. The Balaban J connectivity index is 3.50. The zero-order valence-electron chi connectivity index (χ0n) is 6.10. The van der Waals surface area contributed by atoms with Crippen molar-refractivity contribution >= 4 is 18.6 Å². The molecule has 0 aromatic rings. The molecule has 0 aliphatic rings. The quantitative estimate of drug-likeness (QED) is 0.427. The number of carbonyl (C=O) groups is 1. The van der Waals surface area contributed by atoms with Crippen LogP contribution in [0.15, 0.2) is 12.2 Å². The highest BCUT2D eigenvalue weighted by atomic mass is 32.1. The number of hydrogen-bond acceptors (Lipinski definition) is 3. The normalized spacial score (nSPS) is 13.6. The zero-order valence-corrected chi connectivity index (χ0v) is 7.00. The number of carboxylic acid groups (broad SMARTS) is 1. The fourth-order valence-corrected chi connectivity index (χ4v) is 0.724. The summed E-state index contributed by atoms with van der Waals surface area (Å²) in [4.78, 5) is 10.0. The van der Waals surface area contributed by atoms with Gasteiger partial charge < -0.3 is 10.2 Å². The molecule has 0 heterocycles. The lowest BCUT2D eigenvalue weighted by Crippen LogP contribution is -2.09. The van der Waals surface area contributed by atoms with Crippen molar-refractivity contribution < 1.29 is 15.0 Å². The lowest BCUT2D eigenvalue weighted by atomic mass is 10.2. The van der Waals surface area contributed by atoms with Gasteiger partial charge in [0.1, 0.15) is 0 Å². The fraction of sp³-hybridized carbons (Fsp3) is 0.571. The summed E-state index contributed by atoms with van der Waals surface area (Å²) in [6.45, 7) is 0. The minimum Gasteiger partial charge on any atom is -0.481 e. The van der Waals surface area contributed by atoms with Crippen LogP contribution in [0.4, 0.5) is 0 Å². The van der Waals surface area contributed by atoms with Gasteiger partial charge in [-0.05, 0) is 12.2 Å². The van der Waals surface area contributed by atoms with Crippen LogP contribution in [0.2, 0.25) is 0 Å². The average molecular weight is 176 g/mol. The number of allylic oxidation sites excluding steroid dienone is 1. The van der Waals surface area contributed by atoms with Crippen LogP contribution in [0.5, 0.6) is 0 Å². The van der Waals surface area contributed by atoms with E-state index >= 15 is 0 Å². The molecule has 0 aromatic heterocycles. The molecule has 0 saturated carbocycles. The second-order valence-electron chi connectivity index (χ2n) is 2.11. The van der Waals surface area contributed by atoms with E-state index in [0.29, 0.717) is 5.75 Å². The van der Waals surface area contributed by atoms with Crippen LogP contribution in [0.3, 0.4) is 0 Å². The number of thiol groups is 1. The maximum Gasteiger partial charge on any atom is 0.306 e. The van der Waals surface area contributed by atoms with Gasteiger partial charge in [-0.3, -0.25) is 4.79 Å². The maximum atomic E-state index is 10.0. The number of rotatable bonds is 5. The van der Waals surface area contributed by atoms with E-state index in [2.05, 4.69) is 12.6 Å². The Morgan fingerprint density at radius 2 is 2.27 bits per heavy atom. The van der Waals surface area contributed by atoms with Crippen LogP contribution in [0.25, 0.3) is 0 Å². The third kappa shape index (κ3) is 7.42. The molecule has 1 atom stereocenters. The van der Waals surface area contributed by atoms with E-state index in [1.165, 1.54) is 6.08 Å². The summed E-state index contributed by atoms with van der Waals surface area (Å²) in [5.41, 5.74) is 0. The minimum atomic E-state index is -0.993. The number of hydrogen-bond donors (Lipinski definition) is 3. The van der Waals surface area contributed by atoms with Crippen molar-refractivity contribution in [2.75, 3.05) is 5.75 Å². The molecular weight excluding hydrogens is 164 g/mol. The van der Waals surface area contributed by atoms with Gasteiger partial charge >= 0.3 is 5.97 Å². The van der Waals surface area contributed by atoms with Gasteiger partial charge in [0, 0.05) is 0 Å². The van der Waals surface area contributed by atoms with Crippen LogP contribution in [0.1, 0.15) is 12.8 Å². The summed E-state index contributed by atoms with van der Waals surface area (Å²) < 4.78 is 0. The van der Waals surface area contributed by atoms with Gasteiger partial charge in [0.05, 0.1) is 12.5 Å². The molecule has 0 rings (SSSR count). The van der Waals surface area contributed by atoms with Crippen molar-refractivity contribution in [2.45, 2.75) is 18.9 Å². The Kier molecular flexibility index (Phi) is 5.97. The summed E-state index contributed by atoms with van der Waals surface area (Å²) in [5, 5.41) is 17.2. The first-order chi connectivity index (χ1) is 5.16. The van der Waals surface area contributed by atoms with Crippen molar-refractivity contribution in [1.29, 1.82) is 0 Å². The monoisotopic (exact) mass is 176 g/mol. The third-order valence-electron chi connectivity index (χ3n) is 1.04. The van der Waals surface area contributed by atoms with Crippen LogP contribution in [0, 0.1) is 0 Å². The van der Waals surface area contributed by atoms with Crippen molar-refractivity contribution in [2.24, 2.45) is 0 Å². The summed E-state index contributed by atoms with van der Waals surface area (Å²) in [6, 6.07) is 0. The minimum absolute atomic E-state index is 0.233. The largest absolute Gasteiger partial charge is 0.481 e. The molecule has 3 nitrogen and oxygen atoms in total. The predicted molar refractivity (Wildman–Crippen MR) is 45.9 cm³/mol. The number of aliphatic carboxylic acids is 1. The standard InChI is InChI=1S/C7H12O3S/c8-6(5-7(9)10)3-1-2-4-11/h1,3,6,8,11H,2,4-5H2,(H,9,10)/b3-1+/t6-/m1/s1. The molecular formula is C7H12O3S. The van der Waals surface area contributed by atoms with Crippen LogP contribution < -0.4 is 0 Å². The number of aliphatic hydroxyl groups excluding tert-OH is 1. The average Bonchev–Trinajstić information content (AvgIpc) is 1.86. The van der Waals surface area contributed by atoms with E-state index in [1.807, 2.05) is 0 Å². The molecule has 0 radical (unpaired) electrons. The highest BCUT2D eigenvalue weighted by Gasteiger charge is 2.03. The van der Waals surface area contributed by atoms with E-state index in [1.54, 1.807) is 6.08 Å². The summed E-state index contributed by atoms with van der Waals surface area (Å²) in [6.07, 6.45) is 2.85. The molecule has 0 bridgehead atoms. The third-order valence-corrected chi connectivity index (χ3v) is 1.30. The predicted octanol–water partition coefficient (Wildman–Crippen LogP) is 0.698. The number of carboxylic acids is 1. The van der Waals surface area contributed by atoms with Crippen molar-refractivity contribution in [3.8, 4) is 0 Å². The van der Waals surface area contributed by atoms with Gasteiger partial charge in [-0.1, -0.05) is 12.2 Å². The van der Waals surface area contributed by atoms with E-state index < -0.39 is 12.1 Å². The maximum absolute atomic E-state index is 10.0. The lowest BCUT2D eigenvalue weighted by Gasteiger charge is -1.98. The SMILES string of the molecule is O=C(O)C[C@H](O)/C=C/CCS. The summed E-state index contributed by atoms with van der Waals surface area (Å²) >= 11 is 3.94. The first-order valence-electron chi connectivity index (χ1n) is 3.34. The van der Waals surface area contributed by atoms with Crippen molar-refractivity contribution in [1.82, 2.24) is 0 Å². The molecule has 0 amide bonds.